The van der Waals surface area contributed by atoms with Gasteiger partial charge in [0.1, 0.15) is 12.0 Å². The molecule has 0 bridgehead atoms. The minimum atomic E-state index is 0.638. The van der Waals surface area contributed by atoms with Gasteiger partial charge < -0.3 is 4.74 Å². The summed E-state index contributed by atoms with van der Waals surface area (Å²) < 4.78 is 5.67. The molecule has 1 aromatic carbocycles. The van der Waals surface area contributed by atoms with Crippen LogP contribution in [0.3, 0.4) is 0 Å². The van der Waals surface area contributed by atoms with Crippen LogP contribution >= 0.6 is 0 Å². The molecule has 0 N–H and O–H groups in total. The highest BCUT2D eigenvalue weighted by Gasteiger charge is 2.08. The van der Waals surface area contributed by atoms with Gasteiger partial charge in [0.25, 0.3) is 0 Å². The molecule has 2 heteroatoms. The predicted molar refractivity (Wildman–Crippen MR) is 112 cm³/mol. The normalized spacial score (nSPS) is 11.2. The van der Waals surface area contributed by atoms with Crippen LogP contribution in [-0.4, -0.2) is 12.9 Å². The Kier molecular flexibility index (Phi) is 13.5. The number of allylic oxidation sites excluding steroid dienone is 2. The Morgan fingerprint density at radius 1 is 0.846 bits per heavy atom. The third kappa shape index (κ3) is 9.79. The first-order valence-corrected chi connectivity index (χ1v) is 10.7. The summed E-state index contributed by atoms with van der Waals surface area (Å²) in [4.78, 5) is 11.3. The number of hydrogen-bond acceptors (Lipinski definition) is 2. The second-order valence-electron chi connectivity index (χ2n) is 7.00. The first-order valence-electron chi connectivity index (χ1n) is 10.7. The van der Waals surface area contributed by atoms with E-state index in [2.05, 4.69) is 19.1 Å². The van der Waals surface area contributed by atoms with Crippen molar-refractivity contribution >= 4 is 6.29 Å². The molecule has 0 spiro atoms. The number of ether oxygens (including phenoxy) is 1. The van der Waals surface area contributed by atoms with Crippen LogP contribution in [0.5, 0.6) is 5.75 Å². The summed E-state index contributed by atoms with van der Waals surface area (Å²) in [6, 6.07) is 5.75. The Hall–Kier alpha value is -1.57. The fourth-order valence-corrected chi connectivity index (χ4v) is 3.27. The summed E-state index contributed by atoms with van der Waals surface area (Å²) in [5, 5.41) is 0. The Morgan fingerprint density at radius 2 is 1.50 bits per heavy atom. The van der Waals surface area contributed by atoms with Gasteiger partial charge in [-0.15, -0.1) is 0 Å². The molecule has 0 unspecified atom stereocenters. The van der Waals surface area contributed by atoms with Crippen LogP contribution in [0.4, 0.5) is 0 Å². The SMILES string of the molecule is CCCCCCCCC=CCCCCCc1c(C=O)cccc1OCC. The second-order valence-corrected chi connectivity index (χ2v) is 7.00. The molecule has 0 atom stereocenters. The predicted octanol–water partition coefficient (Wildman–Crippen LogP) is 7.31. The lowest BCUT2D eigenvalue weighted by Gasteiger charge is -2.12. The van der Waals surface area contributed by atoms with E-state index in [1.165, 1.54) is 64.2 Å². The average Bonchev–Trinajstić information content (AvgIpc) is 2.66. The number of rotatable bonds is 16. The van der Waals surface area contributed by atoms with E-state index in [9.17, 15) is 4.79 Å². The van der Waals surface area contributed by atoms with E-state index in [1.807, 2.05) is 25.1 Å². The Labute approximate surface area is 161 Å². The largest absolute Gasteiger partial charge is 0.494 e. The molecule has 1 rings (SSSR count). The van der Waals surface area contributed by atoms with Crippen LogP contribution in [0.15, 0.2) is 30.4 Å². The van der Waals surface area contributed by atoms with E-state index >= 15 is 0 Å². The van der Waals surface area contributed by atoms with Crippen molar-refractivity contribution in [3.63, 3.8) is 0 Å². The van der Waals surface area contributed by atoms with Crippen molar-refractivity contribution in [2.45, 2.75) is 90.9 Å². The Morgan fingerprint density at radius 3 is 2.15 bits per heavy atom. The lowest BCUT2D eigenvalue weighted by molar-refractivity contribution is 0.112. The van der Waals surface area contributed by atoms with Crippen LogP contribution in [-0.2, 0) is 6.42 Å². The third-order valence-electron chi connectivity index (χ3n) is 4.78. The average molecular weight is 359 g/mol. The molecule has 146 valence electrons. The van der Waals surface area contributed by atoms with Crippen LogP contribution < -0.4 is 4.74 Å². The van der Waals surface area contributed by atoms with Crippen molar-refractivity contribution in [2.24, 2.45) is 0 Å². The van der Waals surface area contributed by atoms with Crippen molar-refractivity contribution in [2.75, 3.05) is 6.61 Å². The standard InChI is InChI=1S/C24H38O2/c1-3-5-6-7-8-9-10-11-12-13-14-15-16-19-23-22(21-25)18-17-20-24(23)26-4-2/h11-12,17-18,20-21H,3-10,13-16,19H2,1-2H3. The van der Waals surface area contributed by atoms with Crippen LogP contribution in [0, 0.1) is 0 Å². The number of aldehydes is 1. The maximum absolute atomic E-state index is 11.3. The van der Waals surface area contributed by atoms with Gasteiger partial charge in [-0.2, -0.15) is 0 Å². The summed E-state index contributed by atoms with van der Waals surface area (Å²) in [5.41, 5.74) is 1.85. The molecule has 0 aromatic heterocycles. The Bertz CT molecular complexity index is 505. The highest BCUT2D eigenvalue weighted by atomic mass is 16.5. The molecular weight excluding hydrogens is 320 g/mol. The lowest BCUT2D eigenvalue weighted by atomic mass is 10.0. The number of carbonyl (C=O) groups is 1. The monoisotopic (exact) mass is 358 g/mol. The fraction of sp³-hybridized carbons (Fsp3) is 0.625. The molecule has 0 aliphatic rings. The molecule has 0 aliphatic carbocycles. The smallest absolute Gasteiger partial charge is 0.150 e. The molecule has 0 heterocycles. The number of unbranched alkanes of at least 4 members (excludes halogenated alkanes) is 9. The number of benzene rings is 1. The van der Waals surface area contributed by atoms with Crippen molar-refractivity contribution < 1.29 is 9.53 Å². The highest BCUT2D eigenvalue weighted by molar-refractivity contribution is 5.78. The lowest BCUT2D eigenvalue weighted by Crippen LogP contribution is -2.00. The first-order chi connectivity index (χ1) is 12.8. The summed E-state index contributed by atoms with van der Waals surface area (Å²) in [7, 11) is 0. The van der Waals surface area contributed by atoms with Crippen molar-refractivity contribution in [3.8, 4) is 5.75 Å². The van der Waals surface area contributed by atoms with E-state index in [0.717, 1.165) is 36.0 Å². The zero-order valence-corrected chi connectivity index (χ0v) is 17.0. The number of carbonyl (C=O) groups excluding carboxylic acids is 1. The quantitative estimate of drug-likeness (QED) is 0.176. The molecule has 0 saturated carbocycles. The van der Waals surface area contributed by atoms with Crippen molar-refractivity contribution in [1.82, 2.24) is 0 Å². The van der Waals surface area contributed by atoms with Crippen LogP contribution in [0.25, 0.3) is 0 Å². The van der Waals surface area contributed by atoms with E-state index < -0.39 is 0 Å². The van der Waals surface area contributed by atoms with Crippen LogP contribution in [0.1, 0.15) is 100 Å². The summed E-state index contributed by atoms with van der Waals surface area (Å²) in [5.74, 6) is 0.871. The zero-order valence-electron chi connectivity index (χ0n) is 17.0. The van der Waals surface area contributed by atoms with E-state index in [4.69, 9.17) is 4.74 Å². The minimum absolute atomic E-state index is 0.638. The second kappa shape index (κ2) is 15.7. The molecule has 0 aliphatic heterocycles. The maximum atomic E-state index is 11.3. The maximum Gasteiger partial charge on any atom is 0.150 e. The molecule has 0 amide bonds. The molecule has 26 heavy (non-hydrogen) atoms. The van der Waals surface area contributed by atoms with Gasteiger partial charge in [0, 0.05) is 11.1 Å². The topological polar surface area (TPSA) is 26.3 Å². The van der Waals surface area contributed by atoms with Crippen molar-refractivity contribution in [3.05, 3.63) is 41.5 Å². The molecule has 1 aromatic rings. The molecule has 0 saturated heterocycles. The van der Waals surface area contributed by atoms with Crippen molar-refractivity contribution in [1.29, 1.82) is 0 Å². The van der Waals surface area contributed by atoms with Gasteiger partial charge in [0.15, 0.2) is 0 Å². The summed E-state index contributed by atoms with van der Waals surface area (Å²) >= 11 is 0. The zero-order chi connectivity index (χ0) is 18.9. The fourth-order valence-electron chi connectivity index (χ4n) is 3.27. The van der Waals surface area contributed by atoms with E-state index in [1.54, 1.807) is 0 Å². The van der Waals surface area contributed by atoms with E-state index in [0.29, 0.717) is 6.61 Å². The van der Waals surface area contributed by atoms with E-state index in [-0.39, 0.29) is 0 Å². The van der Waals surface area contributed by atoms with Gasteiger partial charge in [-0.1, -0.05) is 69.7 Å². The van der Waals surface area contributed by atoms with Gasteiger partial charge in [0.05, 0.1) is 6.61 Å². The molecule has 0 fully saturated rings. The third-order valence-corrected chi connectivity index (χ3v) is 4.78. The van der Waals surface area contributed by atoms with Gasteiger partial charge in [-0.3, -0.25) is 4.79 Å². The van der Waals surface area contributed by atoms with Gasteiger partial charge in [-0.05, 0) is 51.5 Å². The van der Waals surface area contributed by atoms with Crippen LogP contribution in [0.2, 0.25) is 0 Å². The summed E-state index contributed by atoms with van der Waals surface area (Å²) in [6.45, 7) is 4.88. The highest BCUT2D eigenvalue weighted by Crippen LogP contribution is 2.24. The summed E-state index contributed by atoms with van der Waals surface area (Å²) in [6.07, 6.45) is 20.7. The molecule has 2 nitrogen and oxygen atoms in total. The minimum Gasteiger partial charge on any atom is -0.494 e. The Balaban J connectivity index is 2.14. The van der Waals surface area contributed by atoms with Gasteiger partial charge in [0.2, 0.25) is 0 Å². The number of hydrogen-bond donors (Lipinski definition) is 0. The van der Waals surface area contributed by atoms with Gasteiger partial charge in [-0.25, -0.2) is 0 Å². The molecular formula is C24H38O2. The first kappa shape index (κ1) is 22.5. The molecule has 0 radical (unpaired) electrons. The van der Waals surface area contributed by atoms with Gasteiger partial charge >= 0.3 is 0 Å².